The molecule has 0 aliphatic heterocycles. The van der Waals surface area contributed by atoms with Gasteiger partial charge in [-0.3, -0.25) is 4.79 Å². The maximum Gasteiger partial charge on any atom is 0.205 e. The molecule has 0 atom stereocenters. The maximum absolute atomic E-state index is 11.3. The number of hydrogen-bond acceptors (Lipinski definition) is 4. The third kappa shape index (κ3) is 2.22. The van der Waals surface area contributed by atoms with Crippen molar-refractivity contribution in [3.63, 3.8) is 0 Å². The van der Waals surface area contributed by atoms with Gasteiger partial charge in [0, 0.05) is 12.3 Å². The standard InChI is InChI=1S/C12H9N3O2/c13-7-9-1-3-10(4-2-9)15-6-5-12(17)11(8-16)14-15/h1-6,16H,8H2. The van der Waals surface area contributed by atoms with Crippen molar-refractivity contribution in [2.24, 2.45) is 0 Å². The van der Waals surface area contributed by atoms with Crippen LogP contribution in [0.15, 0.2) is 41.3 Å². The summed E-state index contributed by atoms with van der Waals surface area (Å²) < 4.78 is 1.48. The van der Waals surface area contributed by atoms with Crippen molar-refractivity contribution >= 4 is 0 Å². The molecule has 17 heavy (non-hydrogen) atoms. The summed E-state index contributed by atoms with van der Waals surface area (Å²) in [6.07, 6.45) is 1.52. The average molecular weight is 227 g/mol. The molecular formula is C12H9N3O2. The molecule has 0 saturated heterocycles. The van der Waals surface area contributed by atoms with Crippen LogP contribution in [0.25, 0.3) is 5.69 Å². The Hall–Kier alpha value is -2.45. The van der Waals surface area contributed by atoms with Gasteiger partial charge < -0.3 is 5.11 Å². The summed E-state index contributed by atoms with van der Waals surface area (Å²) in [4.78, 5) is 11.3. The molecule has 0 aliphatic rings. The van der Waals surface area contributed by atoms with Gasteiger partial charge in [0.25, 0.3) is 0 Å². The van der Waals surface area contributed by atoms with Crippen molar-refractivity contribution in [3.05, 3.63) is 58.0 Å². The number of nitriles is 1. The summed E-state index contributed by atoms with van der Waals surface area (Å²) in [6, 6.07) is 10.1. The minimum atomic E-state index is -0.393. The number of hydrogen-bond donors (Lipinski definition) is 1. The predicted octanol–water partition coefficient (Wildman–Crippen LogP) is 0.596. The Morgan fingerprint density at radius 1 is 1.29 bits per heavy atom. The third-order valence-corrected chi connectivity index (χ3v) is 2.29. The zero-order valence-corrected chi connectivity index (χ0v) is 8.87. The van der Waals surface area contributed by atoms with E-state index in [1.54, 1.807) is 24.3 Å². The van der Waals surface area contributed by atoms with Gasteiger partial charge in [0.1, 0.15) is 5.69 Å². The minimum absolute atomic E-state index is 0.0943. The lowest BCUT2D eigenvalue weighted by Crippen LogP contribution is -2.15. The number of aliphatic hydroxyl groups excluding tert-OH is 1. The number of nitrogens with zero attached hydrogens (tertiary/aromatic N) is 3. The third-order valence-electron chi connectivity index (χ3n) is 2.29. The molecule has 0 spiro atoms. The molecule has 0 saturated carbocycles. The Balaban J connectivity index is 2.46. The van der Waals surface area contributed by atoms with Crippen LogP contribution < -0.4 is 5.43 Å². The van der Waals surface area contributed by atoms with Gasteiger partial charge in [0.15, 0.2) is 0 Å². The van der Waals surface area contributed by atoms with E-state index in [1.807, 2.05) is 6.07 Å². The van der Waals surface area contributed by atoms with Crippen molar-refractivity contribution in [1.29, 1.82) is 5.26 Å². The van der Waals surface area contributed by atoms with Gasteiger partial charge in [-0.2, -0.15) is 10.4 Å². The smallest absolute Gasteiger partial charge is 0.205 e. The fraction of sp³-hybridized carbons (Fsp3) is 0.0833. The van der Waals surface area contributed by atoms with Gasteiger partial charge in [0.2, 0.25) is 5.43 Å². The summed E-state index contributed by atoms with van der Waals surface area (Å²) in [5.41, 5.74) is 1.07. The van der Waals surface area contributed by atoms with Gasteiger partial charge in [-0.1, -0.05) is 0 Å². The second-order valence-corrected chi connectivity index (χ2v) is 3.39. The second kappa shape index (κ2) is 4.60. The molecule has 2 aromatic rings. The van der Waals surface area contributed by atoms with Crippen LogP contribution in [0.2, 0.25) is 0 Å². The fourth-order valence-corrected chi connectivity index (χ4v) is 1.39. The van der Waals surface area contributed by atoms with Gasteiger partial charge >= 0.3 is 0 Å². The van der Waals surface area contributed by atoms with Crippen LogP contribution in [0.5, 0.6) is 0 Å². The Labute approximate surface area is 97.2 Å². The highest BCUT2D eigenvalue weighted by atomic mass is 16.3. The number of aliphatic hydroxyl groups is 1. The quantitative estimate of drug-likeness (QED) is 0.814. The highest BCUT2D eigenvalue weighted by Gasteiger charge is 2.02. The van der Waals surface area contributed by atoms with Crippen LogP contribution in [0.3, 0.4) is 0 Å². The summed E-state index contributed by atoms with van der Waals surface area (Å²) in [7, 11) is 0. The van der Waals surface area contributed by atoms with E-state index in [9.17, 15) is 4.79 Å². The van der Waals surface area contributed by atoms with Crippen LogP contribution in [-0.4, -0.2) is 14.9 Å². The molecular weight excluding hydrogens is 218 g/mol. The molecule has 1 aromatic heterocycles. The molecule has 1 N–H and O–H groups in total. The lowest BCUT2D eigenvalue weighted by atomic mass is 10.2. The fourth-order valence-electron chi connectivity index (χ4n) is 1.39. The van der Waals surface area contributed by atoms with Crippen LogP contribution in [0, 0.1) is 11.3 Å². The molecule has 0 unspecified atom stereocenters. The zero-order valence-electron chi connectivity index (χ0n) is 8.87. The van der Waals surface area contributed by atoms with E-state index in [0.29, 0.717) is 5.56 Å². The van der Waals surface area contributed by atoms with Crippen molar-refractivity contribution < 1.29 is 5.11 Å². The first-order chi connectivity index (χ1) is 8.24. The second-order valence-electron chi connectivity index (χ2n) is 3.39. The summed E-state index contributed by atoms with van der Waals surface area (Å²) in [5, 5.41) is 21.6. The molecule has 5 heteroatoms. The molecule has 0 fully saturated rings. The highest BCUT2D eigenvalue weighted by molar-refractivity contribution is 5.38. The SMILES string of the molecule is N#Cc1ccc(-n2ccc(=O)c(CO)n2)cc1. The minimum Gasteiger partial charge on any atom is -0.390 e. The van der Waals surface area contributed by atoms with Crippen LogP contribution in [0.1, 0.15) is 11.3 Å². The predicted molar refractivity (Wildman–Crippen MR) is 60.5 cm³/mol. The number of aromatic nitrogens is 2. The first-order valence-corrected chi connectivity index (χ1v) is 4.95. The normalized spacial score (nSPS) is 9.88. The molecule has 5 nitrogen and oxygen atoms in total. The number of benzene rings is 1. The first-order valence-electron chi connectivity index (χ1n) is 4.95. The summed E-state index contributed by atoms with van der Waals surface area (Å²) >= 11 is 0. The van der Waals surface area contributed by atoms with Gasteiger partial charge in [-0.25, -0.2) is 4.68 Å². The first kappa shape index (κ1) is 11.0. The maximum atomic E-state index is 11.3. The van der Waals surface area contributed by atoms with E-state index in [4.69, 9.17) is 10.4 Å². The van der Waals surface area contributed by atoms with E-state index in [1.165, 1.54) is 16.9 Å². The van der Waals surface area contributed by atoms with Gasteiger partial charge in [-0.05, 0) is 24.3 Å². The summed E-state index contributed by atoms with van der Waals surface area (Å²) in [5.74, 6) is 0. The van der Waals surface area contributed by atoms with Crippen molar-refractivity contribution in [2.45, 2.75) is 6.61 Å². The lowest BCUT2D eigenvalue weighted by molar-refractivity contribution is 0.273. The Bertz CT molecular complexity index is 623. The topological polar surface area (TPSA) is 78.9 Å². The summed E-state index contributed by atoms with van der Waals surface area (Å²) in [6.45, 7) is -0.393. The van der Waals surface area contributed by atoms with Crippen LogP contribution in [0.4, 0.5) is 0 Å². The molecule has 1 heterocycles. The average Bonchev–Trinajstić information content (AvgIpc) is 2.39. The highest BCUT2D eigenvalue weighted by Crippen LogP contribution is 2.07. The van der Waals surface area contributed by atoms with Crippen molar-refractivity contribution in [2.75, 3.05) is 0 Å². The Morgan fingerprint density at radius 2 is 2.00 bits per heavy atom. The largest absolute Gasteiger partial charge is 0.390 e. The van der Waals surface area contributed by atoms with E-state index in [0.717, 1.165) is 5.69 Å². The molecule has 0 bridgehead atoms. The number of rotatable bonds is 2. The van der Waals surface area contributed by atoms with Crippen LogP contribution in [-0.2, 0) is 6.61 Å². The van der Waals surface area contributed by atoms with Gasteiger partial charge in [0.05, 0.1) is 23.9 Å². The molecule has 0 aliphatic carbocycles. The van der Waals surface area contributed by atoms with E-state index in [2.05, 4.69) is 5.10 Å². The van der Waals surface area contributed by atoms with Crippen LogP contribution >= 0.6 is 0 Å². The Morgan fingerprint density at radius 3 is 2.59 bits per heavy atom. The molecule has 84 valence electrons. The van der Waals surface area contributed by atoms with Gasteiger partial charge in [-0.15, -0.1) is 0 Å². The molecule has 0 amide bonds. The monoisotopic (exact) mass is 227 g/mol. The van der Waals surface area contributed by atoms with E-state index < -0.39 is 6.61 Å². The van der Waals surface area contributed by atoms with Crippen molar-refractivity contribution in [3.8, 4) is 11.8 Å². The molecule has 0 radical (unpaired) electrons. The zero-order chi connectivity index (χ0) is 12.3. The van der Waals surface area contributed by atoms with E-state index in [-0.39, 0.29) is 11.1 Å². The molecule has 2 rings (SSSR count). The van der Waals surface area contributed by atoms with E-state index >= 15 is 0 Å². The molecule has 1 aromatic carbocycles. The van der Waals surface area contributed by atoms with Crippen molar-refractivity contribution in [1.82, 2.24) is 9.78 Å². The Kier molecular flexibility index (Phi) is 2.99. The lowest BCUT2D eigenvalue weighted by Gasteiger charge is -2.05.